The summed E-state index contributed by atoms with van der Waals surface area (Å²) in [5, 5.41) is 12.8. The van der Waals surface area contributed by atoms with E-state index in [1.54, 1.807) is 31.4 Å². The van der Waals surface area contributed by atoms with Gasteiger partial charge in [-0.25, -0.2) is 0 Å². The Balaban J connectivity index is 1.95. The SMILES string of the molecule is COc1ccc(-c2nn3c(SCC(=O)C(C)(C)C)nnc3[nH]c2=O)cc1. The summed E-state index contributed by atoms with van der Waals surface area (Å²) >= 11 is 1.24. The number of hydrogen-bond donors (Lipinski definition) is 1. The minimum Gasteiger partial charge on any atom is -0.497 e. The zero-order valence-electron chi connectivity index (χ0n) is 14.9. The third-order valence-corrected chi connectivity index (χ3v) is 4.70. The minimum absolute atomic E-state index is 0.0963. The van der Waals surface area contributed by atoms with Gasteiger partial charge in [0.25, 0.3) is 11.3 Å². The lowest BCUT2D eigenvalue weighted by molar-refractivity contribution is -0.123. The van der Waals surface area contributed by atoms with Crippen LogP contribution in [-0.2, 0) is 4.79 Å². The summed E-state index contributed by atoms with van der Waals surface area (Å²) in [7, 11) is 1.58. The van der Waals surface area contributed by atoms with Gasteiger partial charge >= 0.3 is 0 Å². The highest BCUT2D eigenvalue weighted by Crippen LogP contribution is 2.23. The molecule has 0 aliphatic rings. The number of ketones is 1. The Kier molecular flexibility index (Phi) is 4.82. The summed E-state index contributed by atoms with van der Waals surface area (Å²) in [5.41, 5.74) is 0.0921. The van der Waals surface area contributed by atoms with E-state index in [9.17, 15) is 9.59 Å². The van der Waals surface area contributed by atoms with Crippen molar-refractivity contribution in [3.05, 3.63) is 34.6 Å². The van der Waals surface area contributed by atoms with Gasteiger partial charge in [0.1, 0.15) is 11.5 Å². The molecule has 0 aliphatic heterocycles. The second-order valence-corrected chi connectivity index (χ2v) is 7.65. The molecule has 3 aromatic rings. The standard InChI is InChI=1S/C17H19N5O3S/c1-17(2,3)12(23)9-26-16-20-19-15-18-14(24)13(21-22(15)16)10-5-7-11(25-4)8-6-10/h5-8H,9H2,1-4H3,(H,18,19,24). The molecule has 2 aromatic heterocycles. The highest BCUT2D eigenvalue weighted by atomic mass is 32.2. The number of aromatic nitrogens is 5. The lowest BCUT2D eigenvalue weighted by Gasteiger charge is -2.15. The molecule has 0 atom stereocenters. The van der Waals surface area contributed by atoms with Crippen LogP contribution in [0.3, 0.4) is 0 Å². The zero-order chi connectivity index (χ0) is 18.9. The van der Waals surface area contributed by atoms with Crippen molar-refractivity contribution in [2.24, 2.45) is 5.41 Å². The van der Waals surface area contributed by atoms with Crippen LogP contribution in [0, 0.1) is 5.41 Å². The number of Topliss-reactive ketones (excluding diaryl/α,β-unsaturated/α-hetero) is 1. The minimum atomic E-state index is -0.427. The lowest BCUT2D eigenvalue weighted by Crippen LogP contribution is -2.22. The van der Waals surface area contributed by atoms with Crippen molar-refractivity contribution >= 4 is 23.3 Å². The van der Waals surface area contributed by atoms with Crippen molar-refractivity contribution in [3.63, 3.8) is 0 Å². The van der Waals surface area contributed by atoms with Gasteiger partial charge in [-0.15, -0.1) is 10.2 Å². The number of rotatable bonds is 5. The van der Waals surface area contributed by atoms with Crippen molar-refractivity contribution in [2.45, 2.75) is 25.9 Å². The Morgan fingerprint density at radius 1 is 1.23 bits per heavy atom. The van der Waals surface area contributed by atoms with Gasteiger partial charge in [0.15, 0.2) is 5.69 Å². The van der Waals surface area contributed by atoms with Gasteiger partial charge in [-0.1, -0.05) is 32.5 Å². The highest BCUT2D eigenvalue weighted by molar-refractivity contribution is 7.99. The van der Waals surface area contributed by atoms with E-state index in [0.717, 1.165) is 0 Å². The van der Waals surface area contributed by atoms with Crippen molar-refractivity contribution in [2.75, 3.05) is 12.9 Å². The van der Waals surface area contributed by atoms with Crippen LogP contribution in [0.1, 0.15) is 20.8 Å². The third-order valence-electron chi connectivity index (χ3n) is 3.78. The number of aromatic amines is 1. The fourth-order valence-electron chi connectivity index (χ4n) is 2.11. The second kappa shape index (κ2) is 6.91. The number of carbonyl (C=O) groups is 1. The van der Waals surface area contributed by atoms with Crippen LogP contribution in [0.2, 0.25) is 0 Å². The molecule has 9 heteroatoms. The Hall–Kier alpha value is -2.68. The predicted octanol–water partition coefficient (Wildman–Crippen LogP) is 2.20. The van der Waals surface area contributed by atoms with Crippen LogP contribution < -0.4 is 10.3 Å². The van der Waals surface area contributed by atoms with Gasteiger partial charge in [-0.3, -0.25) is 14.6 Å². The molecule has 2 heterocycles. The highest BCUT2D eigenvalue weighted by Gasteiger charge is 2.22. The van der Waals surface area contributed by atoms with Crippen LogP contribution >= 0.6 is 11.8 Å². The predicted molar refractivity (Wildman–Crippen MR) is 98.6 cm³/mol. The Bertz CT molecular complexity index is 1000. The Labute approximate surface area is 154 Å². The number of H-pyrrole nitrogens is 1. The maximum absolute atomic E-state index is 12.3. The van der Waals surface area contributed by atoms with E-state index in [1.807, 2.05) is 20.8 Å². The van der Waals surface area contributed by atoms with Crippen LogP contribution in [-0.4, -0.2) is 43.4 Å². The fraction of sp³-hybridized carbons (Fsp3) is 0.353. The van der Waals surface area contributed by atoms with E-state index in [1.165, 1.54) is 16.3 Å². The molecule has 1 aromatic carbocycles. The maximum atomic E-state index is 12.3. The van der Waals surface area contributed by atoms with E-state index in [2.05, 4.69) is 20.3 Å². The summed E-state index contributed by atoms with van der Waals surface area (Å²) in [6.07, 6.45) is 0. The zero-order valence-corrected chi connectivity index (χ0v) is 15.8. The summed E-state index contributed by atoms with van der Waals surface area (Å²) in [4.78, 5) is 27.1. The number of nitrogens with zero attached hydrogens (tertiary/aromatic N) is 4. The molecule has 1 N–H and O–H groups in total. The molecular weight excluding hydrogens is 354 g/mol. The first kappa shape index (κ1) is 18.1. The van der Waals surface area contributed by atoms with E-state index in [0.29, 0.717) is 16.5 Å². The molecule has 0 unspecified atom stereocenters. The average molecular weight is 373 g/mol. The lowest BCUT2D eigenvalue weighted by atomic mass is 9.92. The van der Waals surface area contributed by atoms with E-state index in [-0.39, 0.29) is 28.6 Å². The second-order valence-electron chi connectivity index (χ2n) is 6.71. The smallest absolute Gasteiger partial charge is 0.279 e. The van der Waals surface area contributed by atoms with Crippen molar-refractivity contribution in [1.29, 1.82) is 0 Å². The summed E-state index contributed by atoms with van der Waals surface area (Å²) in [6, 6.07) is 7.01. The number of ether oxygens (including phenoxy) is 1. The molecule has 0 amide bonds. The number of carbonyl (C=O) groups excluding carboxylic acids is 1. The maximum Gasteiger partial charge on any atom is 0.279 e. The fourth-order valence-corrected chi connectivity index (χ4v) is 3.16. The quantitative estimate of drug-likeness (QED) is 0.684. The monoisotopic (exact) mass is 373 g/mol. The molecular formula is C17H19N5O3S. The first-order valence-electron chi connectivity index (χ1n) is 7.96. The summed E-state index contributed by atoms with van der Waals surface area (Å²) in [6.45, 7) is 5.61. The van der Waals surface area contributed by atoms with Gasteiger partial charge in [-0.2, -0.15) is 9.61 Å². The molecule has 0 fully saturated rings. The van der Waals surface area contributed by atoms with Gasteiger partial charge in [0.05, 0.1) is 12.9 Å². The number of nitrogens with one attached hydrogen (secondary N) is 1. The van der Waals surface area contributed by atoms with Crippen LogP contribution in [0.4, 0.5) is 0 Å². The van der Waals surface area contributed by atoms with Crippen molar-refractivity contribution in [3.8, 4) is 17.0 Å². The number of hydrogen-bond acceptors (Lipinski definition) is 7. The molecule has 0 spiro atoms. The molecule has 0 saturated carbocycles. The number of thioether (sulfide) groups is 1. The molecule has 136 valence electrons. The van der Waals surface area contributed by atoms with Crippen molar-refractivity contribution in [1.82, 2.24) is 24.8 Å². The molecule has 8 nitrogen and oxygen atoms in total. The number of fused-ring (bicyclic) bond motifs is 1. The van der Waals surface area contributed by atoms with Gasteiger partial charge < -0.3 is 4.74 Å². The van der Waals surface area contributed by atoms with E-state index >= 15 is 0 Å². The number of methoxy groups -OCH3 is 1. The summed E-state index contributed by atoms with van der Waals surface area (Å²) < 4.78 is 6.57. The van der Waals surface area contributed by atoms with Crippen molar-refractivity contribution < 1.29 is 9.53 Å². The van der Waals surface area contributed by atoms with Gasteiger partial charge in [0, 0.05) is 11.0 Å². The Morgan fingerprint density at radius 3 is 2.54 bits per heavy atom. The average Bonchev–Trinajstić information content (AvgIpc) is 3.00. The topological polar surface area (TPSA) is 102 Å². The molecule has 0 saturated heterocycles. The van der Waals surface area contributed by atoms with E-state index < -0.39 is 5.41 Å². The molecule has 3 rings (SSSR count). The molecule has 0 bridgehead atoms. The first-order valence-corrected chi connectivity index (χ1v) is 8.94. The molecule has 0 radical (unpaired) electrons. The summed E-state index contributed by atoms with van der Waals surface area (Å²) in [5.74, 6) is 1.27. The Morgan fingerprint density at radius 2 is 1.92 bits per heavy atom. The van der Waals surface area contributed by atoms with Crippen LogP contribution in [0.15, 0.2) is 34.2 Å². The number of benzene rings is 1. The molecule has 0 aliphatic carbocycles. The van der Waals surface area contributed by atoms with Gasteiger partial charge in [0.2, 0.25) is 5.16 Å². The van der Waals surface area contributed by atoms with Crippen LogP contribution in [0.5, 0.6) is 5.75 Å². The van der Waals surface area contributed by atoms with Crippen LogP contribution in [0.25, 0.3) is 17.0 Å². The largest absolute Gasteiger partial charge is 0.497 e. The first-order chi connectivity index (χ1) is 12.3. The molecule has 26 heavy (non-hydrogen) atoms. The normalized spacial score (nSPS) is 11.7. The third kappa shape index (κ3) is 3.62. The van der Waals surface area contributed by atoms with E-state index in [4.69, 9.17) is 4.74 Å². The van der Waals surface area contributed by atoms with Gasteiger partial charge in [-0.05, 0) is 24.3 Å².